The maximum absolute atomic E-state index is 13.4. The van der Waals surface area contributed by atoms with E-state index >= 15 is 0 Å². The van der Waals surface area contributed by atoms with Crippen molar-refractivity contribution in [1.82, 2.24) is 39.0 Å². The van der Waals surface area contributed by atoms with Crippen molar-refractivity contribution in [2.75, 3.05) is 38.6 Å². The summed E-state index contributed by atoms with van der Waals surface area (Å²) in [4.78, 5) is 59.7. The zero-order valence-electron chi connectivity index (χ0n) is 33.6. The molecular formula is C43H48F3N9O5. The molecule has 1 aliphatic carbocycles. The number of likely N-dealkylation sites (tertiary alicyclic amines) is 1. The fraction of sp³-hybridized carbons (Fsp3) is 0.488. The number of rotatable bonds is 10. The molecule has 3 saturated heterocycles. The van der Waals surface area contributed by atoms with Crippen LogP contribution < -0.4 is 21.1 Å². The minimum atomic E-state index is -4.67. The van der Waals surface area contributed by atoms with Crippen LogP contribution >= 0.6 is 0 Å². The molecule has 3 aliphatic heterocycles. The van der Waals surface area contributed by atoms with E-state index in [1.165, 1.54) is 26.0 Å². The van der Waals surface area contributed by atoms with E-state index in [1.54, 1.807) is 28.3 Å². The van der Waals surface area contributed by atoms with Crippen molar-refractivity contribution in [1.29, 1.82) is 0 Å². The van der Waals surface area contributed by atoms with Crippen molar-refractivity contribution >= 4 is 45.3 Å². The van der Waals surface area contributed by atoms with Gasteiger partial charge in [-0.25, -0.2) is 9.78 Å². The van der Waals surface area contributed by atoms with Crippen LogP contribution in [0.1, 0.15) is 85.2 Å². The van der Waals surface area contributed by atoms with Crippen LogP contribution in [0.4, 0.5) is 18.9 Å². The molecule has 17 heteroatoms. The minimum Gasteiger partial charge on any atom is -0.494 e. The molecule has 3 atom stereocenters. The number of alkyl halides is 3. The van der Waals surface area contributed by atoms with E-state index in [-0.39, 0.29) is 29.8 Å². The summed E-state index contributed by atoms with van der Waals surface area (Å²) < 4.78 is 50.3. The van der Waals surface area contributed by atoms with Crippen molar-refractivity contribution in [2.45, 2.75) is 88.1 Å². The van der Waals surface area contributed by atoms with E-state index in [1.807, 2.05) is 23.0 Å². The zero-order chi connectivity index (χ0) is 41.9. The molecule has 5 aromatic rings. The standard InChI is InChI=1S/C43H48F3N9O5/c1-51-39-26(5-3-7-34(39)55(42(51)59)35-15-16-38(56)49-41(35)58)17-18-52-23-29-13-14-30(24-52)53(29)21-25-9-11-28(12-10-25)54-22-27-19-33(36(60-2)20-32(27)50-54)48-40(57)31-6-4-8-37(47-31)43(44,45)46/h3-8,19-20,22,25,28-30,35H,9-18,21,23-24H2,1-2H3,(H,48,57)(H,49,56,58)/t25?,28?,29-,30+,35?. The van der Waals surface area contributed by atoms with E-state index in [0.717, 1.165) is 92.4 Å². The van der Waals surface area contributed by atoms with Crippen LogP contribution in [-0.2, 0) is 29.2 Å². The highest BCUT2D eigenvalue weighted by Gasteiger charge is 2.41. The number of benzene rings is 2. The lowest BCUT2D eigenvalue weighted by Gasteiger charge is -2.43. The summed E-state index contributed by atoms with van der Waals surface area (Å²) in [6.45, 7) is 4.00. The Hall–Kier alpha value is -5.55. The Morgan fingerprint density at radius 3 is 2.40 bits per heavy atom. The first kappa shape index (κ1) is 39.9. The summed E-state index contributed by atoms with van der Waals surface area (Å²) in [6.07, 6.45) is 5.16. The van der Waals surface area contributed by atoms with Gasteiger partial charge < -0.3 is 10.1 Å². The SMILES string of the molecule is COc1cc2nn(C3CCC(CN4[C@@H]5CC[C@H]4CN(CCc4cccc6c4n(C)c(=O)n6C4CCC(=O)NC4=O)C5)CC3)cc2cc1NC(=O)c1cccc(C(F)(F)F)n1. The maximum Gasteiger partial charge on any atom is 0.433 e. The fourth-order valence-electron chi connectivity index (χ4n) is 10.1. The molecule has 1 saturated carbocycles. The number of piperidine rings is 1. The molecule has 4 fully saturated rings. The van der Waals surface area contributed by atoms with Crippen LogP contribution in [0.3, 0.4) is 0 Å². The highest BCUT2D eigenvalue weighted by molar-refractivity contribution is 6.05. The number of para-hydroxylation sites is 1. The van der Waals surface area contributed by atoms with E-state index in [0.29, 0.717) is 41.4 Å². The van der Waals surface area contributed by atoms with Crippen LogP contribution in [0.2, 0.25) is 0 Å². The predicted molar refractivity (Wildman–Crippen MR) is 217 cm³/mol. The molecular weight excluding hydrogens is 780 g/mol. The average Bonchev–Trinajstić information content (AvgIpc) is 3.83. The Balaban J connectivity index is 0.798. The van der Waals surface area contributed by atoms with Crippen molar-refractivity contribution in [3.63, 3.8) is 0 Å². The lowest BCUT2D eigenvalue weighted by Crippen LogP contribution is -2.55. The number of carbonyl (C=O) groups excluding carboxylic acids is 3. The normalized spacial score (nSPS) is 24.0. The smallest absolute Gasteiger partial charge is 0.433 e. The van der Waals surface area contributed by atoms with Crippen molar-refractivity contribution in [3.8, 4) is 5.75 Å². The van der Waals surface area contributed by atoms with E-state index in [2.05, 4.69) is 31.5 Å². The molecule has 3 amide bonds. The Morgan fingerprint density at radius 1 is 0.950 bits per heavy atom. The highest BCUT2D eigenvalue weighted by Crippen LogP contribution is 2.38. The molecule has 6 heterocycles. The lowest BCUT2D eigenvalue weighted by molar-refractivity contribution is -0.141. The molecule has 9 rings (SSSR count). The number of halogens is 3. The molecule has 3 aromatic heterocycles. The number of anilines is 1. The second kappa shape index (κ2) is 15.8. The number of hydrogen-bond acceptors (Lipinski definition) is 9. The molecule has 316 valence electrons. The number of methoxy groups -OCH3 is 1. The van der Waals surface area contributed by atoms with Crippen molar-refractivity contribution < 1.29 is 32.3 Å². The highest BCUT2D eigenvalue weighted by atomic mass is 19.4. The largest absolute Gasteiger partial charge is 0.494 e. The molecule has 14 nitrogen and oxygen atoms in total. The Bertz CT molecular complexity index is 2520. The van der Waals surface area contributed by atoms with Gasteiger partial charge in [0, 0.05) is 69.4 Å². The third kappa shape index (κ3) is 7.57. The number of amides is 3. The summed E-state index contributed by atoms with van der Waals surface area (Å²) in [5.41, 5.74) is 1.92. The predicted octanol–water partition coefficient (Wildman–Crippen LogP) is 5.46. The number of piperazine rings is 1. The zero-order valence-corrected chi connectivity index (χ0v) is 33.6. The van der Waals surface area contributed by atoms with Crippen LogP contribution in [0.5, 0.6) is 5.75 Å². The van der Waals surface area contributed by atoms with Gasteiger partial charge in [0.05, 0.1) is 35.4 Å². The monoisotopic (exact) mass is 827 g/mol. The number of nitrogens with zero attached hydrogens (tertiary/aromatic N) is 7. The number of aromatic nitrogens is 5. The molecule has 2 N–H and O–H groups in total. The first-order valence-electron chi connectivity index (χ1n) is 20.8. The van der Waals surface area contributed by atoms with Gasteiger partial charge in [-0.15, -0.1) is 0 Å². The van der Waals surface area contributed by atoms with E-state index in [9.17, 15) is 32.3 Å². The number of nitrogens with one attached hydrogen (secondary N) is 2. The number of carbonyl (C=O) groups is 3. The van der Waals surface area contributed by atoms with Gasteiger partial charge in [-0.05, 0) is 87.1 Å². The number of fused-ring (bicyclic) bond motifs is 4. The maximum atomic E-state index is 13.4. The third-order valence-corrected chi connectivity index (χ3v) is 13.1. The van der Waals surface area contributed by atoms with Gasteiger partial charge in [-0.3, -0.25) is 43.3 Å². The molecule has 2 bridgehead atoms. The number of imide groups is 1. The number of hydrogen-bond donors (Lipinski definition) is 2. The molecule has 2 aromatic carbocycles. The first-order chi connectivity index (χ1) is 28.8. The van der Waals surface area contributed by atoms with Gasteiger partial charge >= 0.3 is 11.9 Å². The number of pyridine rings is 1. The van der Waals surface area contributed by atoms with Gasteiger partial charge in [0.15, 0.2) is 0 Å². The van der Waals surface area contributed by atoms with E-state index < -0.39 is 29.7 Å². The molecule has 4 aliphatic rings. The summed E-state index contributed by atoms with van der Waals surface area (Å²) >= 11 is 0. The summed E-state index contributed by atoms with van der Waals surface area (Å²) in [6, 6.07) is 13.1. The van der Waals surface area contributed by atoms with Gasteiger partial charge in [-0.2, -0.15) is 18.3 Å². The molecule has 1 unspecified atom stereocenters. The second-order valence-corrected chi connectivity index (χ2v) is 16.8. The summed E-state index contributed by atoms with van der Waals surface area (Å²) in [5.74, 6) is -0.567. The first-order valence-corrected chi connectivity index (χ1v) is 20.8. The second-order valence-electron chi connectivity index (χ2n) is 16.8. The number of aryl methyl sites for hydroxylation is 1. The van der Waals surface area contributed by atoms with Gasteiger partial charge in [0.2, 0.25) is 11.8 Å². The lowest BCUT2D eigenvalue weighted by atomic mass is 9.85. The fourth-order valence-corrected chi connectivity index (χ4v) is 10.1. The molecule has 60 heavy (non-hydrogen) atoms. The van der Waals surface area contributed by atoms with Crippen LogP contribution in [0.25, 0.3) is 21.9 Å². The number of ether oxygens (including phenoxy) is 1. The van der Waals surface area contributed by atoms with Gasteiger partial charge in [-0.1, -0.05) is 18.2 Å². The topological polar surface area (TPSA) is 149 Å². The molecule has 0 radical (unpaired) electrons. The summed E-state index contributed by atoms with van der Waals surface area (Å²) in [7, 11) is 3.22. The van der Waals surface area contributed by atoms with E-state index in [4.69, 9.17) is 9.84 Å². The quantitative estimate of drug-likeness (QED) is 0.175. The van der Waals surface area contributed by atoms with Crippen LogP contribution in [0.15, 0.2) is 59.5 Å². The van der Waals surface area contributed by atoms with Crippen molar-refractivity contribution in [2.24, 2.45) is 13.0 Å². The minimum absolute atomic E-state index is 0.208. The van der Waals surface area contributed by atoms with Crippen LogP contribution in [-0.4, -0.2) is 96.8 Å². The third-order valence-electron chi connectivity index (χ3n) is 13.1. The van der Waals surface area contributed by atoms with Gasteiger partial charge in [0.25, 0.3) is 5.91 Å². The Kier molecular flexibility index (Phi) is 10.5. The number of imidazole rings is 1. The molecule has 0 spiro atoms. The summed E-state index contributed by atoms with van der Waals surface area (Å²) in [5, 5.41) is 10.7. The van der Waals surface area contributed by atoms with Gasteiger partial charge in [0.1, 0.15) is 23.2 Å². The Labute approximate surface area is 343 Å². The van der Waals surface area contributed by atoms with Crippen molar-refractivity contribution in [3.05, 3.63) is 82.2 Å². The van der Waals surface area contributed by atoms with Crippen LogP contribution in [0, 0.1) is 5.92 Å². The Morgan fingerprint density at radius 2 is 1.68 bits per heavy atom. The average molecular weight is 828 g/mol.